The smallest absolute Gasteiger partial charge is 0.255 e. The highest BCUT2D eigenvalue weighted by Gasteiger charge is 2.32. The number of aryl methyl sites for hydroxylation is 1. The van der Waals surface area contributed by atoms with Crippen LogP contribution in [0.15, 0.2) is 6.20 Å². The van der Waals surface area contributed by atoms with Crippen molar-refractivity contribution in [2.24, 2.45) is 7.05 Å². The molecule has 1 aliphatic heterocycles. The van der Waals surface area contributed by atoms with Gasteiger partial charge in [0.05, 0.1) is 11.8 Å². The van der Waals surface area contributed by atoms with E-state index in [1.807, 2.05) is 14.0 Å². The monoisotopic (exact) mass is 300 g/mol. The molecule has 0 bridgehead atoms. The highest BCUT2D eigenvalue weighted by Crippen LogP contribution is 2.27. The SMILES string of the molecule is Cc1c(C(=O)NC2(C)CCN(SS)CC2)cnn1C. The molecule has 1 fully saturated rings. The molecule has 7 heteroatoms. The maximum absolute atomic E-state index is 12.3. The Morgan fingerprint density at radius 1 is 1.53 bits per heavy atom. The second kappa shape index (κ2) is 5.76. The van der Waals surface area contributed by atoms with Crippen LogP contribution in [-0.4, -0.2) is 38.6 Å². The van der Waals surface area contributed by atoms with Gasteiger partial charge in [-0.2, -0.15) is 5.10 Å². The molecule has 1 N–H and O–H groups in total. The van der Waals surface area contributed by atoms with Crippen LogP contribution >= 0.6 is 22.6 Å². The number of nitrogens with zero attached hydrogens (tertiary/aromatic N) is 3. The Hall–Kier alpha value is -0.660. The van der Waals surface area contributed by atoms with Crippen molar-refractivity contribution in [1.82, 2.24) is 19.4 Å². The topological polar surface area (TPSA) is 50.2 Å². The largest absolute Gasteiger partial charge is 0.347 e. The second-order valence-corrected chi connectivity index (χ2v) is 6.46. The zero-order valence-electron chi connectivity index (χ0n) is 11.5. The summed E-state index contributed by atoms with van der Waals surface area (Å²) in [5, 5.41) is 7.27. The summed E-state index contributed by atoms with van der Waals surface area (Å²) in [6.07, 6.45) is 3.50. The van der Waals surface area contributed by atoms with Gasteiger partial charge in [0.15, 0.2) is 0 Å². The second-order valence-electron chi connectivity index (χ2n) is 5.29. The predicted octanol–water partition coefficient (Wildman–Crippen LogP) is 1.81. The molecule has 5 nitrogen and oxygen atoms in total. The van der Waals surface area contributed by atoms with E-state index in [0.717, 1.165) is 31.6 Å². The van der Waals surface area contributed by atoms with Crippen molar-refractivity contribution in [3.8, 4) is 0 Å². The number of carbonyl (C=O) groups is 1. The summed E-state index contributed by atoms with van der Waals surface area (Å²) >= 11 is 4.21. The molecule has 0 spiro atoms. The van der Waals surface area contributed by atoms with E-state index in [1.165, 1.54) is 11.0 Å². The Labute approximate surface area is 123 Å². The van der Waals surface area contributed by atoms with Gasteiger partial charge in [-0.15, -0.1) is 0 Å². The Kier molecular flexibility index (Phi) is 4.47. The maximum atomic E-state index is 12.3. The molecule has 0 saturated carbocycles. The van der Waals surface area contributed by atoms with E-state index in [1.54, 1.807) is 10.9 Å². The summed E-state index contributed by atoms with van der Waals surface area (Å²) in [6.45, 7) is 5.90. The molecule has 1 aliphatic rings. The summed E-state index contributed by atoms with van der Waals surface area (Å²) in [5.41, 5.74) is 1.42. The number of hydrogen-bond acceptors (Lipinski definition) is 5. The Morgan fingerprint density at radius 2 is 2.16 bits per heavy atom. The molecule has 0 atom stereocenters. The average molecular weight is 300 g/mol. The van der Waals surface area contributed by atoms with Crippen LogP contribution in [0.1, 0.15) is 35.8 Å². The molecule has 0 radical (unpaired) electrons. The zero-order valence-corrected chi connectivity index (χ0v) is 13.2. The minimum atomic E-state index is -0.140. The van der Waals surface area contributed by atoms with Crippen molar-refractivity contribution in [1.29, 1.82) is 0 Å². The lowest BCUT2D eigenvalue weighted by Gasteiger charge is -2.38. The Bertz CT molecular complexity index is 466. The molecule has 19 heavy (non-hydrogen) atoms. The molecule has 0 aliphatic carbocycles. The van der Waals surface area contributed by atoms with Gasteiger partial charge in [0, 0.05) is 31.4 Å². The van der Waals surface area contributed by atoms with Crippen LogP contribution in [0.5, 0.6) is 0 Å². The molecular formula is C12H20N4OS2. The summed E-state index contributed by atoms with van der Waals surface area (Å²) < 4.78 is 3.92. The summed E-state index contributed by atoms with van der Waals surface area (Å²) in [4.78, 5) is 12.3. The number of piperidine rings is 1. The van der Waals surface area contributed by atoms with E-state index in [9.17, 15) is 4.79 Å². The van der Waals surface area contributed by atoms with Crippen LogP contribution in [0.2, 0.25) is 0 Å². The molecule has 1 saturated heterocycles. The molecule has 1 aromatic heterocycles. The van der Waals surface area contributed by atoms with Gasteiger partial charge in [-0.1, -0.05) is 11.7 Å². The van der Waals surface area contributed by atoms with Crippen molar-refractivity contribution in [3.63, 3.8) is 0 Å². The normalized spacial score (nSPS) is 19.4. The number of amides is 1. The predicted molar refractivity (Wildman–Crippen MR) is 81.2 cm³/mol. The fourth-order valence-electron chi connectivity index (χ4n) is 2.25. The molecule has 106 valence electrons. The van der Waals surface area contributed by atoms with Crippen molar-refractivity contribution in [2.45, 2.75) is 32.2 Å². The molecule has 2 rings (SSSR count). The zero-order chi connectivity index (χ0) is 14.0. The van der Waals surface area contributed by atoms with E-state index in [2.05, 4.69) is 33.3 Å². The summed E-state index contributed by atoms with van der Waals surface area (Å²) in [7, 11) is 3.31. The molecule has 0 unspecified atom stereocenters. The minimum absolute atomic E-state index is 0.0277. The van der Waals surface area contributed by atoms with Gasteiger partial charge in [-0.3, -0.25) is 9.48 Å². The van der Waals surface area contributed by atoms with Crippen molar-refractivity contribution >= 4 is 28.5 Å². The fraction of sp³-hybridized carbons (Fsp3) is 0.667. The van der Waals surface area contributed by atoms with E-state index < -0.39 is 0 Å². The molecule has 1 amide bonds. The third-order valence-corrected chi connectivity index (χ3v) is 5.13. The van der Waals surface area contributed by atoms with E-state index in [4.69, 9.17) is 0 Å². The number of carbonyl (C=O) groups excluding carboxylic acids is 1. The first-order chi connectivity index (χ1) is 8.95. The number of aromatic nitrogens is 2. The van der Waals surface area contributed by atoms with E-state index in [-0.39, 0.29) is 11.4 Å². The van der Waals surface area contributed by atoms with E-state index in [0.29, 0.717) is 5.56 Å². The van der Waals surface area contributed by atoms with Gasteiger partial charge in [0.1, 0.15) is 0 Å². The molecule has 0 aromatic carbocycles. The van der Waals surface area contributed by atoms with Gasteiger partial charge in [-0.25, -0.2) is 4.31 Å². The van der Waals surface area contributed by atoms with Crippen molar-refractivity contribution < 1.29 is 4.79 Å². The summed E-state index contributed by atoms with van der Waals surface area (Å²) in [5.74, 6) is -0.0277. The number of nitrogens with one attached hydrogen (secondary N) is 1. The standard InChI is InChI=1S/C12H20N4OS2/c1-9-10(8-13-15(9)3)11(17)14-12(2)4-6-16(19-18)7-5-12/h8,18H,4-7H2,1-3H3,(H,14,17). The first-order valence-electron chi connectivity index (χ1n) is 6.33. The van der Waals surface area contributed by atoms with Gasteiger partial charge in [-0.05, 0) is 37.7 Å². The van der Waals surface area contributed by atoms with Crippen LogP contribution in [-0.2, 0) is 7.05 Å². The summed E-state index contributed by atoms with van der Waals surface area (Å²) in [6, 6.07) is 0. The van der Waals surface area contributed by atoms with Gasteiger partial charge >= 0.3 is 0 Å². The lowest BCUT2D eigenvalue weighted by molar-refractivity contribution is 0.0873. The van der Waals surface area contributed by atoms with Gasteiger partial charge < -0.3 is 5.32 Å². The van der Waals surface area contributed by atoms with Crippen LogP contribution in [0, 0.1) is 6.92 Å². The number of thiol groups is 1. The quantitative estimate of drug-likeness (QED) is 0.508. The fourth-order valence-corrected chi connectivity index (χ4v) is 3.09. The van der Waals surface area contributed by atoms with Crippen LogP contribution in [0.3, 0.4) is 0 Å². The van der Waals surface area contributed by atoms with Crippen LogP contribution in [0.4, 0.5) is 0 Å². The number of hydrogen-bond donors (Lipinski definition) is 2. The van der Waals surface area contributed by atoms with Crippen LogP contribution < -0.4 is 5.32 Å². The molecule has 2 heterocycles. The van der Waals surface area contributed by atoms with Crippen molar-refractivity contribution in [2.75, 3.05) is 13.1 Å². The third kappa shape index (κ3) is 3.27. The maximum Gasteiger partial charge on any atom is 0.255 e. The molecular weight excluding hydrogens is 280 g/mol. The van der Waals surface area contributed by atoms with Gasteiger partial charge in [0.25, 0.3) is 5.91 Å². The average Bonchev–Trinajstić information content (AvgIpc) is 2.71. The third-order valence-electron chi connectivity index (χ3n) is 3.84. The van der Waals surface area contributed by atoms with E-state index >= 15 is 0 Å². The minimum Gasteiger partial charge on any atom is -0.347 e. The first-order valence-corrected chi connectivity index (χ1v) is 8.15. The highest BCUT2D eigenvalue weighted by atomic mass is 33.1. The first kappa shape index (κ1) is 14.7. The lowest BCUT2D eigenvalue weighted by Crippen LogP contribution is -2.52. The van der Waals surface area contributed by atoms with Crippen molar-refractivity contribution in [3.05, 3.63) is 17.5 Å². The Balaban J connectivity index is 2.01. The lowest BCUT2D eigenvalue weighted by atomic mass is 9.90. The number of rotatable bonds is 3. The molecule has 1 aromatic rings. The van der Waals surface area contributed by atoms with Gasteiger partial charge in [0.2, 0.25) is 0 Å². The highest BCUT2D eigenvalue weighted by molar-refractivity contribution is 8.67. The Morgan fingerprint density at radius 3 is 2.63 bits per heavy atom. The van der Waals surface area contributed by atoms with Crippen LogP contribution in [0.25, 0.3) is 0 Å².